The van der Waals surface area contributed by atoms with E-state index in [0.717, 1.165) is 0 Å². The van der Waals surface area contributed by atoms with Crippen molar-refractivity contribution in [2.75, 3.05) is 10.6 Å². The number of hydrogen-bond donors (Lipinski definition) is 3. The second-order valence-corrected chi connectivity index (χ2v) is 4.88. The molecule has 1 atom stereocenters. The van der Waals surface area contributed by atoms with E-state index in [-0.39, 0.29) is 17.5 Å². The molecular weight excluding hydrogens is 232 g/mol. The van der Waals surface area contributed by atoms with Crippen LogP contribution in [-0.4, -0.2) is 23.0 Å². The van der Waals surface area contributed by atoms with Gasteiger partial charge in [0.1, 0.15) is 6.04 Å². The zero-order valence-corrected chi connectivity index (χ0v) is 10.4. The second-order valence-electron chi connectivity index (χ2n) is 4.88. The smallest absolute Gasteiger partial charge is 0.335 e. The van der Waals surface area contributed by atoms with Gasteiger partial charge in [-0.05, 0) is 30.5 Å². The van der Waals surface area contributed by atoms with Crippen LogP contribution in [0, 0.1) is 5.92 Å². The Kier molecular flexibility index (Phi) is 3.23. The van der Waals surface area contributed by atoms with Gasteiger partial charge in [0.25, 0.3) is 0 Å². The Morgan fingerprint density at radius 2 is 2.11 bits per heavy atom. The van der Waals surface area contributed by atoms with Crippen molar-refractivity contribution in [3.63, 3.8) is 0 Å². The number of carboxylic acid groups (broad SMARTS) is 1. The third kappa shape index (κ3) is 2.45. The lowest BCUT2D eigenvalue weighted by Gasteiger charge is -2.28. The quantitative estimate of drug-likeness (QED) is 0.766. The van der Waals surface area contributed by atoms with E-state index in [1.807, 2.05) is 13.8 Å². The molecule has 1 aromatic rings. The Morgan fingerprint density at radius 1 is 1.39 bits per heavy atom. The van der Waals surface area contributed by atoms with Crippen molar-refractivity contribution in [3.8, 4) is 0 Å². The van der Waals surface area contributed by atoms with Crippen LogP contribution in [0.2, 0.25) is 0 Å². The van der Waals surface area contributed by atoms with Crippen LogP contribution in [-0.2, 0) is 4.79 Å². The van der Waals surface area contributed by atoms with Gasteiger partial charge in [0, 0.05) is 0 Å². The molecule has 18 heavy (non-hydrogen) atoms. The van der Waals surface area contributed by atoms with Gasteiger partial charge < -0.3 is 15.7 Å². The number of carboxylic acids is 1. The van der Waals surface area contributed by atoms with Crippen molar-refractivity contribution < 1.29 is 14.7 Å². The Hall–Kier alpha value is -2.04. The normalized spacial score (nSPS) is 17.9. The average Bonchev–Trinajstić information content (AvgIpc) is 2.28. The third-order valence-electron chi connectivity index (χ3n) is 2.88. The molecule has 1 aliphatic rings. The number of amides is 1. The molecular formula is C13H16N2O3. The number of rotatable bonds is 3. The summed E-state index contributed by atoms with van der Waals surface area (Å²) in [5, 5.41) is 14.8. The maximum absolute atomic E-state index is 11.8. The Morgan fingerprint density at radius 3 is 2.72 bits per heavy atom. The Balaban J connectivity index is 2.27. The summed E-state index contributed by atoms with van der Waals surface area (Å²) in [6, 6.07) is 4.33. The molecule has 1 amide bonds. The number of anilines is 2. The maximum Gasteiger partial charge on any atom is 0.335 e. The number of benzene rings is 1. The van der Waals surface area contributed by atoms with Gasteiger partial charge in [0.2, 0.25) is 5.91 Å². The van der Waals surface area contributed by atoms with Crippen LogP contribution in [0.25, 0.3) is 0 Å². The summed E-state index contributed by atoms with van der Waals surface area (Å²) in [6.07, 6.45) is 0.711. The highest BCUT2D eigenvalue weighted by molar-refractivity contribution is 6.04. The molecule has 0 radical (unpaired) electrons. The van der Waals surface area contributed by atoms with E-state index in [1.54, 1.807) is 12.1 Å². The summed E-state index contributed by atoms with van der Waals surface area (Å²) >= 11 is 0. The van der Waals surface area contributed by atoms with E-state index < -0.39 is 5.97 Å². The zero-order chi connectivity index (χ0) is 13.3. The minimum absolute atomic E-state index is 0.0701. The second kappa shape index (κ2) is 4.68. The first kappa shape index (κ1) is 12.4. The number of aromatic carboxylic acids is 1. The van der Waals surface area contributed by atoms with Gasteiger partial charge in [-0.2, -0.15) is 0 Å². The van der Waals surface area contributed by atoms with Crippen LogP contribution >= 0.6 is 0 Å². The van der Waals surface area contributed by atoms with Crippen molar-refractivity contribution in [1.29, 1.82) is 0 Å². The summed E-state index contributed by atoms with van der Waals surface area (Å²) in [7, 11) is 0. The molecule has 0 aliphatic carbocycles. The molecule has 1 aliphatic heterocycles. The van der Waals surface area contributed by atoms with Gasteiger partial charge >= 0.3 is 5.97 Å². The number of hydrogen-bond acceptors (Lipinski definition) is 3. The first-order valence-electron chi connectivity index (χ1n) is 5.92. The van der Waals surface area contributed by atoms with E-state index in [4.69, 9.17) is 5.11 Å². The minimum Gasteiger partial charge on any atom is -0.478 e. The molecule has 5 nitrogen and oxygen atoms in total. The lowest BCUT2D eigenvalue weighted by atomic mass is 10.00. The highest BCUT2D eigenvalue weighted by Gasteiger charge is 2.26. The Bertz CT molecular complexity index is 497. The fraction of sp³-hybridized carbons (Fsp3) is 0.385. The molecule has 5 heteroatoms. The van der Waals surface area contributed by atoms with E-state index in [9.17, 15) is 9.59 Å². The van der Waals surface area contributed by atoms with Gasteiger partial charge in [-0.25, -0.2) is 4.79 Å². The van der Waals surface area contributed by atoms with Gasteiger partial charge in [-0.3, -0.25) is 4.79 Å². The van der Waals surface area contributed by atoms with Crippen molar-refractivity contribution in [1.82, 2.24) is 0 Å². The van der Waals surface area contributed by atoms with E-state index in [2.05, 4.69) is 10.6 Å². The maximum atomic E-state index is 11.8. The highest BCUT2D eigenvalue weighted by atomic mass is 16.4. The number of nitrogens with one attached hydrogen (secondary N) is 2. The fourth-order valence-electron chi connectivity index (χ4n) is 2.02. The molecule has 0 fully saturated rings. The largest absolute Gasteiger partial charge is 0.478 e. The van der Waals surface area contributed by atoms with Gasteiger partial charge in [0.15, 0.2) is 0 Å². The van der Waals surface area contributed by atoms with Crippen LogP contribution in [0.4, 0.5) is 11.4 Å². The summed E-state index contributed by atoms with van der Waals surface area (Å²) < 4.78 is 0. The molecule has 1 unspecified atom stereocenters. The van der Waals surface area contributed by atoms with Crippen LogP contribution in [0.1, 0.15) is 30.6 Å². The summed E-state index contributed by atoms with van der Waals surface area (Å²) in [4.78, 5) is 22.7. The van der Waals surface area contributed by atoms with Gasteiger partial charge in [0.05, 0.1) is 16.9 Å². The van der Waals surface area contributed by atoms with Crippen LogP contribution in [0.3, 0.4) is 0 Å². The third-order valence-corrected chi connectivity index (χ3v) is 2.88. The van der Waals surface area contributed by atoms with Crippen molar-refractivity contribution in [3.05, 3.63) is 23.8 Å². The standard InChI is InChI=1S/C13H16N2O3/c1-7(2)5-11-12(16)15-9-4-3-8(13(17)18)6-10(9)14-11/h3-4,6-7,11,14H,5H2,1-2H3,(H,15,16)(H,17,18). The topological polar surface area (TPSA) is 78.4 Å². The highest BCUT2D eigenvalue weighted by Crippen LogP contribution is 2.29. The summed E-state index contributed by atoms with van der Waals surface area (Å²) in [5.41, 5.74) is 1.51. The van der Waals surface area contributed by atoms with Gasteiger partial charge in [-0.1, -0.05) is 13.8 Å². The van der Waals surface area contributed by atoms with Crippen molar-refractivity contribution >= 4 is 23.3 Å². The summed E-state index contributed by atoms with van der Waals surface area (Å²) in [5.74, 6) is -0.659. The van der Waals surface area contributed by atoms with Crippen molar-refractivity contribution in [2.24, 2.45) is 5.92 Å². The molecule has 3 N–H and O–H groups in total. The minimum atomic E-state index is -0.975. The monoisotopic (exact) mass is 248 g/mol. The lowest BCUT2D eigenvalue weighted by molar-refractivity contribution is -0.117. The molecule has 0 aromatic heterocycles. The number of fused-ring (bicyclic) bond motifs is 1. The van der Waals surface area contributed by atoms with E-state index in [1.165, 1.54) is 6.07 Å². The van der Waals surface area contributed by atoms with E-state index >= 15 is 0 Å². The number of carbonyl (C=O) groups excluding carboxylic acids is 1. The summed E-state index contributed by atoms with van der Waals surface area (Å²) in [6.45, 7) is 4.08. The lowest BCUT2D eigenvalue weighted by Crippen LogP contribution is -2.39. The molecule has 1 heterocycles. The first-order chi connectivity index (χ1) is 8.47. The Labute approximate surface area is 105 Å². The molecule has 2 rings (SSSR count). The average molecular weight is 248 g/mol. The molecule has 0 spiro atoms. The number of carbonyl (C=O) groups is 2. The van der Waals surface area contributed by atoms with Crippen LogP contribution in [0.5, 0.6) is 0 Å². The molecule has 0 saturated carbocycles. The van der Waals surface area contributed by atoms with Gasteiger partial charge in [-0.15, -0.1) is 0 Å². The van der Waals surface area contributed by atoms with Crippen LogP contribution < -0.4 is 10.6 Å². The first-order valence-corrected chi connectivity index (χ1v) is 5.92. The zero-order valence-electron chi connectivity index (χ0n) is 10.4. The van der Waals surface area contributed by atoms with Crippen molar-refractivity contribution in [2.45, 2.75) is 26.3 Å². The molecule has 0 saturated heterocycles. The molecule has 96 valence electrons. The fourth-order valence-corrected chi connectivity index (χ4v) is 2.02. The SMILES string of the molecule is CC(C)CC1Nc2cc(C(=O)O)ccc2NC1=O. The van der Waals surface area contributed by atoms with Crippen LogP contribution in [0.15, 0.2) is 18.2 Å². The van der Waals surface area contributed by atoms with E-state index in [0.29, 0.717) is 23.7 Å². The molecule has 0 bridgehead atoms. The predicted molar refractivity (Wildman–Crippen MR) is 68.9 cm³/mol. The predicted octanol–water partition coefficient (Wildman–Crippen LogP) is 2.16. The molecule has 1 aromatic carbocycles.